The first-order valence-electron chi connectivity index (χ1n) is 15.0. The number of fused-ring (bicyclic) bond motifs is 3. The second-order valence-corrected chi connectivity index (χ2v) is 12.2. The number of alkyl halides is 4. The van der Waals surface area contributed by atoms with Crippen molar-refractivity contribution in [1.29, 1.82) is 0 Å². The number of nitrogen functional groups attached to an aromatic ring is 1. The molecule has 4 aliphatic heterocycles. The van der Waals surface area contributed by atoms with Gasteiger partial charge < -0.3 is 25.4 Å². The van der Waals surface area contributed by atoms with E-state index in [1.807, 2.05) is 16.7 Å². The number of hydrogen-bond donors (Lipinski definition) is 2. The van der Waals surface area contributed by atoms with Gasteiger partial charge in [0.25, 0.3) is 0 Å². The van der Waals surface area contributed by atoms with Crippen LogP contribution in [0.15, 0.2) is 6.07 Å². The summed E-state index contributed by atoms with van der Waals surface area (Å²) >= 11 is 0. The molecule has 45 heavy (non-hydrogen) atoms. The molecule has 3 fully saturated rings. The molecule has 0 aromatic carbocycles. The van der Waals surface area contributed by atoms with Crippen molar-refractivity contribution in [1.82, 2.24) is 30.2 Å². The van der Waals surface area contributed by atoms with Crippen LogP contribution in [-0.2, 0) is 6.18 Å². The quantitative estimate of drug-likeness (QED) is 0.393. The summed E-state index contributed by atoms with van der Waals surface area (Å²) in [5.41, 5.74) is 1.16. The fourth-order valence-electron chi connectivity index (χ4n) is 7.48. The number of nitrogens with zero attached hydrogens (tertiary/aromatic N) is 6. The van der Waals surface area contributed by atoms with Crippen molar-refractivity contribution in [2.75, 3.05) is 43.4 Å². The second-order valence-electron chi connectivity index (χ2n) is 12.2. The normalized spacial score (nSPS) is 28.1. The summed E-state index contributed by atoms with van der Waals surface area (Å²) in [5.74, 6) is -3.46. The molecule has 0 bridgehead atoms. The van der Waals surface area contributed by atoms with Gasteiger partial charge in [-0.1, -0.05) is 6.92 Å². The molecule has 16 heteroatoms. The number of halogens is 6. The Kier molecular flexibility index (Phi) is 7.15. The fraction of sp³-hybridized carbons (Fsp3) is 0.586. The molecule has 0 aliphatic carbocycles. The van der Waals surface area contributed by atoms with E-state index in [-0.39, 0.29) is 54.3 Å². The number of anilines is 2. The van der Waals surface area contributed by atoms with E-state index >= 15 is 4.39 Å². The third-order valence-corrected chi connectivity index (χ3v) is 9.50. The molecular weight excluding hydrogens is 606 g/mol. The van der Waals surface area contributed by atoms with E-state index in [0.29, 0.717) is 32.5 Å². The molecule has 0 spiro atoms. The zero-order valence-corrected chi connectivity index (χ0v) is 24.6. The van der Waals surface area contributed by atoms with Crippen LogP contribution in [0.2, 0.25) is 0 Å². The maximum Gasteiger partial charge on any atom is 0.418 e. The first-order chi connectivity index (χ1) is 21.4. The summed E-state index contributed by atoms with van der Waals surface area (Å²) in [6.45, 7) is 5.90. The molecule has 0 radical (unpaired) electrons. The molecule has 3 N–H and O–H groups in total. The van der Waals surface area contributed by atoms with Crippen LogP contribution in [0.25, 0.3) is 22.3 Å². The van der Waals surface area contributed by atoms with Gasteiger partial charge in [0.1, 0.15) is 47.0 Å². The van der Waals surface area contributed by atoms with Gasteiger partial charge in [-0.3, -0.25) is 4.90 Å². The largest absolute Gasteiger partial charge is 0.472 e. The van der Waals surface area contributed by atoms with Crippen molar-refractivity contribution >= 4 is 22.5 Å². The average Bonchev–Trinajstić information content (AvgIpc) is 3.49. The molecule has 0 saturated carbocycles. The molecule has 0 unspecified atom stereocenters. The van der Waals surface area contributed by atoms with Crippen molar-refractivity contribution in [3.63, 3.8) is 0 Å². The Morgan fingerprint density at radius 1 is 1.16 bits per heavy atom. The minimum absolute atomic E-state index is 0.0501. The summed E-state index contributed by atoms with van der Waals surface area (Å²) in [6.07, 6.45) is -4.12. The van der Waals surface area contributed by atoms with Crippen LogP contribution in [0.1, 0.15) is 45.1 Å². The molecule has 3 aromatic heterocycles. The smallest absolute Gasteiger partial charge is 0.418 e. The molecule has 10 nitrogen and oxygen atoms in total. The van der Waals surface area contributed by atoms with Crippen LogP contribution in [-0.4, -0.2) is 87.5 Å². The maximum absolute atomic E-state index is 16.6. The van der Waals surface area contributed by atoms with E-state index < -0.39 is 63.9 Å². The van der Waals surface area contributed by atoms with Gasteiger partial charge in [0, 0.05) is 32.1 Å². The minimum atomic E-state index is -5.12. The van der Waals surface area contributed by atoms with Crippen molar-refractivity contribution < 1.29 is 35.8 Å². The Bertz CT molecular complexity index is 1660. The lowest BCUT2D eigenvalue weighted by Crippen LogP contribution is -2.62. The molecule has 3 saturated heterocycles. The van der Waals surface area contributed by atoms with Gasteiger partial charge in [0.05, 0.1) is 17.1 Å². The Morgan fingerprint density at radius 2 is 1.96 bits per heavy atom. The van der Waals surface area contributed by atoms with Gasteiger partial charge in [0.15, 0.2) is 17.5 Å². The summed E-state index contributed by atoms with van der Waals surface area (Å²) < 4.78 is 99.8. The minimum Gasteiger partial charge on any atom is -0.472 e. The number of nitrogens with two attached hydrogens (primary N) is 1. The first kappa shape index (κ1) is 30.0. The lowest BCUT2D eigenvalue weighted by atomic mass is 9.95. The maximum atomic E-state index is 16.6. The molecule has 7 rings (SSSR count). The van der Waals surface area contributed by atoms with Crippen LogP contribution in [0.3, 0.4) is 0 Å². The van der Waals surface area contributed by atoms with E-state index in [4.69, 9.17) is 20.2 Å². The Balaban J connectivity index is 1.43. The van der Waals surface area contributed by atoms with Crippen LogP contribution in [0.4, 0.5) is 38.0 Å². The van der Waals surface area contributed by atoms with E-state index in [1.54, 1.807) is 6.92 Å². The predicted molar refractivity (Wildman–Crippen MR) is 152 cm³/mol. The third-order valence-electron chi connectivity index (χ3n) is 9.50. The molecule has 3 aromatic rings. The molecule has 242 valence electrons. The summed E-state index contributed by atoms with van der Waals surface area (Å²) in [6, 6.07) is -0.436. The van der Waals surface area contributed by atoms with Gasteiger partial charge in [0.2, 0.25) is 5.88 Å². The number of ether oxygens (including phenoxy) is 2. The molecule has 5 atom stereocenters. The van der Waals surface area contributed by atoms with Crippen LogP contribution in [0, 0.1) is 11.6 Å². The van der Waals surface area contributed by atoms with E-state index in [2.05, 4.69) is 20.3 Å². The first-order valence-corrected chi connectivity index (χ1v) is 15.0. The Hall–Kier alpha value is -3.66. The SMILES string of the molecule is CC[C@@H]1NCCN2c3nc(OC[C@@]45CCCN4C[C@H](F)C5)nc4c(F)c(-c5nc(N)c(F)cc5C(F)(F)F)nc(c34)O[C@@H](C)[C@H]12. The van der Waals surface area contributed by atoms with Crippen LogP contribution in [0.5, 0.6) is 11.9 Å². The van der Waals surface area contributed by atoms with Crippen molar-refractivity contribution in [2.24, 2.45) is 0 Å². The summed E-state index contributed by atoms with van der Waals surface area (Å²) in [7, 11) is 0. The van der Waals surface area contributed by atoms with Crippen molar-refractivity contribution in [3.05, 3.63) is 23.3 Å². The van der Waals surface area contributed by atoms with Gasteiger partial charge in [-0.05, 0) is 38.8 Å². The average molecular weight is 639 g/mol. The number of piperazine rings is 1. The van der Waals surface area contributed by atoms with E-state index in [0.717, 1.165) is 13.0 Å². The second kappa shape index (κ2) is 10.7. The monoisotopic (exact) mass is 638 g/mol. The molecule has 4 aliphatic rings. The lowest BCUT2D eigenvalue weighted by Gasteiger charge is -2.43. The van der Waals surface area contributed by atoms with Gasteiger partial charge in [-0.2, -0.15) is 23.1 Å². The van der Waals surface area contributed by atoms with Crippen molar-refractivity contribution in [2.45, 2.75) is 75.6 Å². The molecule has 7 heterocycles. The van der Waals surface area contributed by atoms with Gasteiger partial charge in [-0.25, -0.2) is 23.1 Å². The summed E-state index contributed by atoms with van der Waals surface area (Å²) in [4.78, 5) is 20.8. The Labute approximate surface area is 254 Å². The number of rotatable bonds is 5. The number of aromatic nitrogens is 4. The molecular formula is C29H32F6N8O2. The topological polar surface area (TPSA) is 115 Å². The highest BCUT2D eigenvalue weighted by Gasteiger charge is 2.50. The Morgan fingerprint density at radius 3 is 2.71 bits per heavy atom. The zero-order valence-electron chi connectivity index (χ0n) is 24.6. The standard InChI is InChI=1S/C29H32F6N8O2/c1-3-17-23-13(2)45-26-18-21(19(32)22(39-26)20-15(29(33,34)35)9-16(31)24(36)38-20)40-27(41-25(18)43(23)8-6-37-17)44-12-28-5-4-7-42(28)11-14(30)10-28/h9,13-14,17,23,37H,3-8,10-12H2,1-2H3,(H2,36,38)/t13-,14+,17-,23+,28-/m0/s1. The number of hydrogen-bond acceptors (Lipinski definition) is 10. The highest BCUT2D eigenvalue weighted by molar-refractivity contribution is 5.97. The van der Waals surface area contributed by atoms with Gasteiger partial charge in [-0.15, -0.1) is 0 Å². The highest BCUT2D eigenvalue weighted by atomic mass is 19.4. The van der Waals surface area contributed by atoms with Crippen molar-refractivity contribution in [3.8, 4) is 23.3 Å². The molecule has 0 amide bonds. The lowest BCUT2D eigenvalue weighted by molar-refractivity contribution is -0.137. The number of pyridine rings is 2. The number of nitrogens with one attached hydrogen (secondary N) is 1. The predicted octanol–water partition coefficient (Wildman–Crippen LogP) is 4.26. The zero-order chi connectivity index (χ0) is 31.8. The van der Waals surface area contributed by atoms with E-state index in [1.165, 1.54) is 0 Å². The fourth-order valence-corrected chi connectivity index (χ4v) is 7.48. The van der Waals surface area contributed by atoms with Crippen LogP contribution < -0.4 is 25.4 Å². The van der Waals surface area contributed by atoms with Gasteiger partial charge >= 0.3 is 12.2 Å². The third kappa shape index (κ3) is 4.87. The highest BCUT2D eigenvalue weighted by Crippen LogP contribution is 2.45. The van der Waals surface area contributed by atoms with E-state index in [9.17, 15) is 22.0 Å². The van der Waals surface area contributed by atoms with Crippen LogP contribution >= 0.6 is 0 Å². The summed E-state index contributed by atoms with van der Waals surface area (Å²) in [5, 5.41) is 3.52.